The molecule has 0 unspecified atom stereocenters. The van der Waals surface area contributed by atoms with Crippen molar-refractivity contribution >= 4 is 22.5 Å². The van der Waals surface area contributed by atoms with Gasteiger partial charge in [-0.2, -0.15) is 5.26 Å². The number of aromatic nitrogens is 4. The van der Waals surface area contributed by atoms with Crippen molar-refractivity contribution in [2.24, 2.45) is 0 Å². The second kappa shape index (κ2) is 5.18. The second-order valence-electron chi connectivity index (χ2n) is 6.04. The van der Waals surface area contributed by atoms with Gasteiger partial charge in [0.2, 0.25) is 5.65 Å². The van der Waals surface area contributed by atoms with Crippen LogP contribution >= 0.6 is 0 Å². The molecule has 1 aliphatic rings. The first-order valence-corrected chi connectivity index (χ1v) is 7.65. The predicted octanol–water partition coefficient (Wildman–Crippen LogP) is 1.21. The summed E-state index contributed by atoms with van der Waals surface area (Å²) in [6, 6.07) is 6.16. The molecule has 1 fully saturated rings. The van der Waals surface area contributed by atoms with Crippen LogP contribution in [0.1, 0.15) is 11.1 Å². The topological polar surface area (TPSA) is 73.3 Å². The highest BCUT2D eigenvalue weighted by Gasteiger charge is 2.21. The zero-order valence-corrected chi connectivity index (χ0v) is 13.2. The van der Waals surface area contributed by atoms with Gasteiger partial charge in [0.25, 0.3) is 0 Å². The van der Waals surface area contributed by atoms with Crippen molar-refractivity contribution in [2.45, 2.75) is 6.92 Å². The number of anilines is 1. The number of benzene rings is 1. The summed E-state index contributed by atoms with van der Waals surface area (Å²) in [5.41, 5.74) is 3.94. The predicted molar refractivity (Wildman–Crippen MR) is 87.5 cm³/mol. The third-order valence-corrected chi connectivity index (χ3v) is 4.38. The van der Waals surface area contributed by atoms with Crippen LogP contribution in [-0.4, -0.2) is 57.7 Å². The summed E-state index contributed by atoms with van der Waals surface area (Å²) in [6.45, 7) is 5.74. The Bertz CT molecular complexity index is 929. The van der Waals surface area contributed by atoms with Crippen LogP contribution in [-0.2, 0) is 0 Å². The Labute approximate surface area is 133 Å². The van der Waals surface area contributed by atoms with E-state index >= 15 is 0 Å². The van der Waals surface area contributed by atoms with Crippen molar-refractivity contribution in [1.29, 1.82) is 5.26 Å². The maximum Gasteiger partial charge on any atom is 0.204 e. The molecule has 1 aliphatic heterocycles. The van der Waals surface area contributed by atoms with Crippen LogP contribution in [0.25, 0.3) is 16.7 Å². The smallest absolute Gasteiger partial charge is 0.204 e. The Kier molecular flexibility index (Phi) is 3.13. The molecule has 0 radical (unpaired) electrons. The molecule has 7 nitrogen and oxygen atoms in total. The summed E-state index contributed by atoms with van der Waals surface area (Å²) in [4.78, 5) is 9.32. The fraction of sp³-hybridized carbons (Fsp3) is 0.375. The van der Waals surface area contributed by atoms with Gasteiger partial charge in [-0.05, 0) is 31.7 Å². The standard InChI is InChI=1S/C16H17N7/c1-11-7-12(9-17)14-13(8-11)23-10-18-20-16(23)15(19-14)22-5-3-21(2)4-6-22/h7-8,10H,3-6H2,1-2H3. The molecule has 1 aromatic carbocycles. The molecule has 1 saturated heterocycles. The van der Waals surface area contributed by atoms with Gasteiger partial charge in [-0.25, -0.2) is 4.98 Å². The minimum Gasteiger partial charge on any atom is -0.351 e. The average molecular weight is 307 g/mol. The average Bonchev–Trinajstić information content (AvgIpc) is 3.04. The summed E-state index contributed by atoms with van der Waals surface area (Å²) in [6.07, 6.45) is 1.69. The van der Waals surface area contributed by atoms with E-state index in [1.165, 1.54) is 0 Å². The molecule has 0 aliphatic carbocycles. The summed E-state index contributed by atoms with van der Waals surface area (Å²) in [5.74, 6) is 0.809. The van der Waals surface area contributed by atoms with E-state index in [1.807, 2.05) is 23.5 Å². The Morgan fingerprint density at radius 3 is 2.70 bits per heavy atom. The maximum absolute atomic E-state index is 9.47. The first-order chi connectivity index (χ1) is 11.2. The number of nitrogens with zero attached hydrogens (tertiary/aromatic N) is 7. The number of aryl methyl sites for hydroxylation is 1. The van der Waals surface area contributed by atoms with E-state index in [0.717, 1.165) is 48.7 Å². The summed E-state index contributed by atoms with van der Waals surface area (Å²) in [7, 11) is 2.12. The Morgan fingerprint density at radius 2 is 1.96 bits per heavy atom. The van der Waals surface area contributed by atoms with Gasteiger partial charge in [-0.15, -0.1) is 10.2 Å². The molecule has 0 bridgehead atoms. The number of likely N-dealkylation sites (N-methyl/N-ethyl adjacent to an activating group) is 1. The molecule has 0 N–H and O–H groups in total. The highest BCUT2D eigenvalue weighted by molar-refractivity contribution is 5.87. The Balaban J connectivity index is 1.98. The molecule has 3 heterocycles. The lowest BCUT2D eigenvalue weighted by atomic mass is 10.1. The highest BCUT2D eigenvalue weighted by Crippen LogP contribution is 2.26. The van der Waals surface area contributed by atoms with Crippen molar-refractivity contribution in [3.63, 3.8) is 0 Å². The largest absolute Gasteiger partial charge is 0.351 e. The van der Waals surface area contributed by atoms with Crippen molar-refractivity contribution in [3.05, 3.63) is 29.6 Å². The maximum atomic E-state index is 9.47. The van der Waals surface area contributed by atoms with E-state index in [1.54, 1.807) is 6.33 Å². The lowest BCUT2D eigenvalue weighted by Gasteiger charge is -2.33. The molecule has 4 rings (SSSR count). The third kappa shape index (κ3) is 2.19. The molecule has 0 saturated carbocycles. The molecular weight excluding hydrogens is 290 g/mol. The fourth-order valence-corrected chi connectivity index (χ4v) is 3.10. The van der Waals surface area contributed by atoms with Crippen molar-refractivity contribution in [2.75, 3.05) is 38.1 Å². The van der Waals surface area contributed by atoms with E-state index in [-0.39, 0.29) is 0 Å². The summed E-state index contributed by atoms with van der Waals surface area (Å²) in [5, 5.41) is 17.8. The summed E-state index contributed by atoms with van der Waals surface area (Å²) >= 11 is 0. The molecule has 7 heteroatoms. The quantitative estimate of drug-likeness (QED) is 0.673. The zero-order chi connectivity index (χ0) is 16.0. The zero-order valence-electron chi connectivity index (χ0n) is 13.2. The number of piperazine rings is 1. The van der Waals surface area contributed by atoms with Gasteiger partial charge in [-0.1, -0.05) is 0 Å². The number of nitriles is 1. The highest BCUT2D eigenvalue weighted by atomic mass is 15.3. The molecule has 3 aromatic rings. The SMILES string of the molecule is Cc1cc(C#N)c2nc(N3CCN(C)CC3)c3nncn3c2c1. The van der Waals surface area contributed by atoms with E-state index < -0.39 is 0 Å². The molecule has 0 amide bonds. The van der Waals surface area contributed by atoms with Crippen LogP contribution in [0, 0.1) is 18.3 Å². The van der Waals surface area contributed by atoms with Gasteiger partial charge in [-0.3, -0.25) is 4.40 Å². The van der Waals surface area contributed by atoms with Gasteiger partial charge in [0, 0.05) is 26.2 Å². The van der Waals surface area contributed by atoms with Crippen LogP contribution in [0.5, 0.6) is 0 Å². The van der Waals surface area contributed by atoms with Gasteiger partial charge in [0.15, 0.2) is 5.82 Å². The van der Waals surface area contributed by atoms with Crippen LogP contribution in [0.4, 0.5) is 5.82 Å². The normalized spacial score (nSPS) is 16.1. The molecule has 0 atom stereocenters. The number of hydrogen-bond donors (Lipinski definition) is 0. The first kappa shape index (κ1) is 13.9. The minimum absolute atomic E-state index is 0.589. The summed E-state index contributed by atoms with van der Waals surface area (Å²) < 4.78 is 1.93. The molecular formula is C16H17N7. The number of hydrogen-bond acceptors (Lipinski definition) is 6. The van der Waals surface area contributed by atoms with Crippen LogP contribution < -0.4 is 4.90 Å². The fourth-order valence-electron chi connectivity index (χ4n) is 3.10. The molecule has 0 spiro atoms. The Hall–Kier alpha value is -2.72. The van der Waals surface area contributed by atoms with Crippen LogP contribution in [0.3, 0.4) is 0 Å². The van der Waals surface area contributed by atoms with Crippen LogP contribution in [0.2, 0.25) is 0 Å². The number of fused-ring (bicyclic) bond motifs is 3. The Morgan fingerprint density at radius 1 is 1.17 bits per heavy atom. The van der Waals surface area contributed by atoms with Crippen molar-refractivity contribution in [3.8, 4) is 6.07 Å². The van der Waals surface area contributed by atoms with E-state index in [9.17, 15) is 5.26 Å². The molecule has 23 heavy (non-hydrogen) atoms. The van der Waals surface area contributed by atoms with Crippen LogP contribution in [0.15, 0.2) is 18.5 Å². The first-order valence-electron chi connectivity index (χ1n) is 7.65. The van der Waals surface area contributed by atoms with Gasteiger partial charge in [0.1, 0.15) is 17.9 Å². The van der Waals surface area contributed by atoms with Gasteiger partial charge < -0.3 is 9.80 Å². The number of rotatable bonds is 1. The van der Waals surface area contributed by atoms with Gasteiger partial charge in [0.05, 0.1) is 11.1 Å². The lowest BCUT2D eigenvalue weighted by molar-refractivity contribution is 0.312. The third-order valence-electron chi connectivity index (χ3n) is 4.38. The minimum atomic E-state index is 0.589. The van der Waals surface area contributed by atoms with E-state index in [2.05, 4.69) is 33.1 Å². The van der Waals surface area contributed by atoms with Crippen molar-refractivity contribution in [1.82, 2.24) is 24.5 Å². The van der Waals surface area contributed by atoms with Crippen molar-refractivity contribution < 1.29 is 0 Å². The second-order valence-corrected chi connectivity index (χ2v) is 6.04. The lowest BCUT2D eigenvalue weighted by Crippen LogP contribution is -2.45. The monoisotopic (exact) mass is 307 g/mol. The van der Waals surface area contributed by atoms with E-state index in [0.29, 0.717) is 11.1 Å². The molecule has 116 valence electrons. The van der Waals surface area contributed by atoms with E-state index in [4.69, 9.17) is 4.98 Å². The molecule has 2 aromatic heterocycles. The van der Waals surface area contributed by atoms with Gasteiger partial charge >= 0.3 is 0 Å².